The van der Waals surface area contributed by atoms with Crippen LogP contribution in [0, 0.1) is 11.3 Å². The minimum atomic E-state index is -1.31. The van der Waals surface area contributed by atoms with Crippen LogP contribution < -0.4 is 0 Å². The molecule has 10 heteroatoms. The van der Waals surface area contributed by atoms with Crippen molar-refractivity contribution in [3.8, 4) is 6.07 Å². The maximum Gasteiger partial charge on any atom is 0.259 e. The monoisotopic (exact) mass is 427 g/mol. The highest BCUT2D eigenvalue weighted by Crippen LogP contribution is 2.45. The van der Waals surface area contributed by atoms with Crippen molar-refractivity contribution >= 4 is 31.3 Å². The Labute approximate surface area is 172 Å². The fourth-order valence-electron chi connectivity index (χ4n) is 2.91. The SMILES string of the molecule is CC(C)N(C(C)C)P(OCCC#N)OCCn1c(CO)nc2cc(Cl)cnc21. The zero-order valence-corrected chi connectivity index (χ0v) is 18.3. The highest BCUT2D eigenvalue weighted by atomic mass is 35.5. The number of nitrogens with zero attached hydrogens (tertiary/aromatic N) is 5. The summed E-state index contributed by atoms with van der Waals surface area (Å²) in [6, 6.07) is 4.28. The first kappa shape index (κ1) is 23.0. The Balaban J connectivity index is 2.12. The van der Waals surface area contributed by atoms with Crippen LogP contribution in [-0.2, 0) is 22.2 Å². The van der Waals surface area contributed by atoms with Crippen molar-refractivity contribution < 1.29 is 14.2 Å². The molecule has 2 heterocycles. The lowest BCUT2D eigenvalue weighted by atomic mass is 10.3. The van der Waals surface area contributed by atoms with Gasteiger partial charge in [0.1, 0.15) is 17.9 Å². The molecule has 1 N–H and O–H groups in total. The van der Waals surface area contributed by atoms with Crippen LogP contribution in [0.5, 0.6) is 0 Å². The van der Waals surface area contributed by atoms with Crippen LogP contribution in [0.1, 0.15) is 39.9 Å². The summed E-state index contributed by atoms with van der Waals surface area (Å²) >= 11 is 5.98. The lowest BCUT2D eigenvalue weighted by molar-refractivity contribution is 0.171. The van der Waals surface area contributed by atoms with Gasteiger partial charge >= 0.3 is 0 Å². The number of aliphatic hydroxyl groups excluding tert-OH is 1. The Morgan fingerprint density at radius 2 is 1.96 bits per heavy atom. The van der Waals surface area contributed by atoms with Gasteiger partial charge in [-0.05, 0) is 33.8 Å². The van der Waals surface area contributed by atoms with Crippen molar-refractivity contribution in [1.82, 2.24) is 19.2 Å². The highest BCUT2D eigenvalue weighted by Gasteiger charge is 2.27. The van der Waals surface area contributed by atoms with Gasteiger partial charge in [-0.15, -0.1) is 0 Å². The quantitative estimate of drug-likeness (QED) is 0.429. The molecule has 2 rings (SSSR count). The van der Waals surface area contributed by atoms with Crippen LogP contribution in [0.3, 0.4) is 0 Å². The molecular weight excluding hydrogens is 401 g/mol. The van der Waals surface area contributed by atoms with Gasteiger partial charge in [0.05, 0.1) is 30.7 Å². The molecule has 28 heavy (non-hydrogen) atoms. The van der Waals surface area contributed by atoms with Gasteiger partial charge in [-0.25, -0.2) is 14.6 Å². The largest absolute Gasteiger partial charge is 0.388 e. The summed E-state index contributed by atoms with van der Waals surface area (Å²) in [5.41, 5.74) is 1.28. The molecule has 8 nitrogen and oxygen atoms in total. The fourth-order valence-corrected chi connectivity index (χ4v) is 4.65. The molecule has 154 valence electrons. The summed E-state index contributed by atoms with van der Waals surface area (Å²) in [4.78, 5) is 8.71. The molecule has 0 bridgehead atoms. The number of aliphatic hydroxyl groups is 1. The molecule has 1 unspecified atom stereocenters. The average molecular weight is 428 g/mol. The van der Waals surface area contributed by atoms with Crippen LogP contribution in [-0.4, -0.2) is 49.6 Å². The third-order valence-electron chi connectivity index (χ3n) is 3.95. The summed E-state index contributed by atoms with van der Waals surface area (Å²) in [5.74, 6) is 0.507. The Morgan fingerprint density at radius 1 is 1.29 bits per heavy atom. The Kier molecular flexibility index (Phi) is 9.03. The number of aromatic nitrogens is 3. The molecule has 0 aromatic carbocycles. The van der Waals surface area contributed by atoms with Crippen molar-refractivity contribution in [2.45, 2.75) is 59.4 Å². The summed E-state index contributed by atoms with van der Waals surface area (Å²) in [6.07, 6.45) is 1.87. The molecule has 1 atom stereocenters. The molecule has 0 aliphatic carbocycles. The zero-order valence-electron chi connectivity index (χ0n) is 16.7. The maximum absolute atomic E-state index is 9.63. The van der Waals surface area contributed by atoms with E-state index in [9.17, 15) is 5.11 Å². The minimum absolute atomic E-state index is 0.203. The van der Waals surface area contributed by atoms with Crippen LogP contribution in [0.25, 0.3) is 11.2 Å². The second-order valence-electron chi connectivity index (χ2n) is 6.71. The van der Waals surface area contributed by atoms with Gasteiger partial charge in [-0.3, -0.25) is 0 Å². The van der Waals surface area contributed by atoms with E-state index < -0.39 is 8.53 Å². The van der Waals surface area contributed by atoms with Crippen molar-refractivity contribution in [2.24, 2.45) is 0 Å². The summed E-state index contributed by atoms with van der Waals surface area (Å²) in [5, 5.41) is 18.9. The smallest absolute Gasteiger partial charge is 0.259 e. The molecule has 0 fully saturated rings. The third kappa shape index (κ3) is 5.84. The van der Waals surface area contributed by atoms with E-state index in [1.54, 1.807) is 12.3 Å². The predicted octanol–water partition coefficient (Wildman–Crippen LogP) is 3.87. The molecule has 0 aliphatic heterocycles. The number of fused-ring (bicyclic) bond motifs is 1. The van der Waals surface area contributed by atoms with E-state index in [2.05, 4.69) is 48.4 Å². The van der Waals surface area contributed by atoms with E-state index in [1.807, 2.05) is 4.57 Å². The topological polar surface area (TPSA) is 96.4 Å². The van der Waals surface area contributed by atoms with E-state index in [0.29, 0.717) is 48.2 Å². The molecule has 0 saturated heterocycles. The van der Waals surface area contributed by atoms with Crippen molar-refractivity contribution in [3.05, 3.63) is 23.1 Å². The van der Waals surface area contributed by atoms with Gasteiger partial charge in [0.25, 0.3) is 8.53 Å². The number of halogens is 1. The summed E-state index contributed by atoms with van der Waals surface area (Å²) in [7, 11) is -1.31. The van der Waals surface area contributed by atoms with Crippen LogP contribution >= 0.6 is 20.1 Å². The van der Waals surface area contributed by atoms with Gasteiger partial charge in [-0.2, -0.15) is 5.26 Å². The summed E-state index contributed by atoms with van der Waals surface area (Å²) < 4.78 is 16.0. The number of rotatable bonds is 11. The van der Waals surface area contributed by atoms with Gasteiger partial charge in [0.15, 0.2) is 5.65 Å². The van der Waals surface area contributed by atoms with Gasteiger partial charge in [0, 0.05) is 24.8 Å². The lowest BCUT2D eigenvalue weighted by Gasteiger charge is -2.35. The maximum atomic E-state index is 9.63. The first-order chi connectivity index (χ1) is 13.4. The van der Waals surface area contributed by atoms with Crippen LogP contribution in [0.4, 0.5) is 0 Å². The standard InChI is InChI=1S/C18H27ClN5O3P/c1-13(2)24(14(3)4)28(26-8-5-6-20)27-9-7-23-17(12-25)22-16-10-15(19)11-21-18(16)23/h10-11,13-14,25H,5,7-9,12H2,1-4H3. The third-order valence-corrected chi connectivity index (χ3v) is 6.27. The highest BCUT2D eigenvalue weighted by molar-refractivity contribution is 7.44. The first-order valence-electron chi connectivity index (χ1n) is 9.21. The van der Waals surface area contributed by atoms with E-state index in [4.69, 9.17) is 25.9 Å². The second-order valence-corrected chi connectivity index (χ2v) is 8.60. The van der Waals surface area contributed by atoms with E-state index in [-0.39, 0.29) is 18.7 Å². The lowest BCUT2D eigenvalue weighted by Crippen LogP contribution is -2.34. The molecule has 2 aromatic heterocycles. The minimum Gasteiger partial charge on any atom is -0.388 e. The molecule has 0 aliphatic rings. The van der Waals surface area contributed by atoms with E-state index >= 15 is 0 Å². The zero-order chi connectivity index (χ0) is 20.7. The normalized spacial score (nSPS) is 13.0. The molecule has 2 aromatic rings. The van der Waals surface area contributed by atoms with Gasteiger partial charge < -0.3 is 18.7 Å². The fraction of sp³-hybridized carbons (Fsp3) is 0.611. The molecule has 0 spiro atoms. The van der Waals surface area contributed by atoms with Gasteiger partial charge in [-0.1, -0.05) is 11.6 Å². The van der Waals surface area contributed by atoms with Crippen LogP contribution in [0.2, 0.25) is 5.02 Å². The van der Waals surface area contributed by atoms with Crippen LogP contribution in [0.15, 0.2) is 12.3 Å². The number of hydrogen-bond donors (Lipinski definition) is 1. The van der Waals surface area contributed by atoms with Crippen molar-refractivity contribution in [1.29, 1.82) is 5.26 Å². The van der Waals surface area contributed by atoms with Gasteiger partial charge in [0.2, 0.25) is 0 Å². The molecule has 0 amide bonds. The first-order valence-corrected chi connectivity index (χ1v) is 10.7. The van der Waals surface area contributed by atoms with Crippen molar-refractivity contribution in [3.63, 3.8) is 0 Å². The molecule has 0 saturated carbocycles. The summed E-state index contributed by atoms with van der Waals surface area (Å²) in [6.45, 7) is 9.31. The number of hydrogen-bond acceptors (Lipinski definition) is 7. The van der Waals surface area contributed by atoms with E-state index in [0.717, 1.165) is 0 Å². The van der Waals surface area contributed by atoms with Crippen molar-refractivity contribution in [2.75, 3.05) is 13.2 Å². The number of nitriles is 1. The average Bonchev–Trinajstić information content (AvgIpc) is 2.97. The molecule has 0 radical (unpaired) electrons. The number of imidazole rings is 1. The Hall–Kier alpha value is -1.33. The second kappa shape index (κ2) is 11.0. The Bertz CT molecular complexity index is 800. The molecular formula is C18H27ClN5O3P. The predicted molar refractivity (Wildman–Crippen MR) is 110 cm³/mol. The number of pyridine rings is 1. The Morgan fingerprint density at radius 3 is 2.57 bits per heavy atom. The van der Waals surface area contributed by atoms with E-state index in [1.165, 1.54) is 0 Å².